The van der Waals surface area contributed by atoms with Crippen LogP contribution < -0.4 is 15.6 Å². The summed E-state index contributed by atoms with van der Waals surface area (Å²) in [4.78, 5) is 25.0. The van der Waals surface area contributed by atoms with Gasteiger partial charge in [-0.25, -0.2) is 5.10 Å². The number of carbonyl (C=O) groups excluding carboxylic acids is 1. The third-order valence-electron chi connectivity index (χ3n) is 4.41. The summed E-state index contributed by atoms with van der Waals surface area (Å²) in [6, 6.07) is 14.2. The van der Waals surface area contributed by atoms with Crippen molar-refractivity contribution in [2.24, 2.45) is 0 Å². The fourth-order valence-corrected chi connectivity index (χ4v) is 3.08. The minimum atomic E-state index is -4.80. The van der Waals surface area contributed by atoms with Gasteiger partial charge in [-0.1, -0.05) is 30.3 Å². The van der Waals surface area contributed by atoms with E-state index in [0.717, 1.165) is 17.7 Å². The van der Waals surface area contributed by atoms with Crippen LogP contribution in [0.3, 0.4) is 0 Å². The number of pyridine rings is 1. The maximum Gasteiger partial charge on any atom is 0.573 e. The number of hydrogen-bond donors (Lipinski definition) is 2. The Balaban J connectivity index is 1.60. The van der Waals surface area contributed by atoms with Crippen LogP contribution in [0, 0.1) is 0 Å². The van der Waals surface area contributed by atoms with Crippen LogP contribution in [-0.2, 0) is 6.54 Å². The zero-order chi connectivity index (χ0) is 22.0. The molecule has 2 aliphatic heterocycles. The summed E-state index contributed by atoms with van der Waals surface area (Å²) in [5.74, 6) is -0.972. The van der Waals surface area contributed by atoms with Gasteiger partial charge in [0.2, 0.25) is 0 Å². The Morgan fingerprint density at radius 1 is 1.06 bits per heavy atom. The number of nitrogens with one attached hydrogen (secondary N) is 2. The summed E-state index contributed by atoms with van der Waals surface area (Å²) in [6.07, 6.45) is -1.64. The largest absolute Gasteiger partial charge is 0.573 e. The second-order valence-electron chi connectivity index (χ2n) is 6.67. The Labute approximate surface area is 173 Å². The fraction of sp³-hybridized carbons (Fsp3) is 0.0952. The summed E-state index contributed by atoms with van der Waals surface area (Å²) in [7, 11) is 0. The zero-order valence-corrected chi connectivity index (χ0v) is 15.8. The molecule has 2 aliphatic rings. The molecular weight excluding hydrogens is 413 g/mol. The highest BCUT2D eigenvalue weighted by molar-refractivity contribution is 6.08. The van der Waals surface area contributed by atoms with Crippen molar-refractivity contribution < 1.29 is 22.7 Å². The Bertz CT molecular complexity index is 1230. The molecule has 0 fully saturated rings. The summed E-state index contributed by atoms with van der Waals surface area (Å²) >= 11 is 0. The number of aromatic amines is 1. The number of ether oxygens (including phenoxy) is 1. The van der Waals surface area contributed by atoms with Crippen molar-refractivity contribution in [1.82, 2.24) is 14.8 Å². The average Bonchev–Trinajstić information content (AvgIpc) is 3.09. The number of carbonyl (C=O) groups is 1. The lowest BCUT2D eigenvalue weighted by Crippen LogP contribution is -2.18. The van der Waals surface area contributed by atoms with Gasteiger partial charge in [0, 0.05) is 24.6 Å². The lowest BCUT2D eigenvalue weighted by molar-refractivity contribution is -0.274. The number of benzene rings is 2. The first-order valence-corrected chi connectivity index (χ1v) is 9.08. The van der Waals surface area contributed by atoms with Crippen molar-refractivity contribution in [2.75, 3.05) is 5.32 Å². The predicted molar refractivity (Wildman–Crippen MR) is 106 cm³/mol. The molecule has 0 radical (unpaired) electrons. The number of anilines is 1. The van der Waals surface area contributed by atoms with Gasteiger partial charge >= 0.3 is 6.36 Å². The minimum absolute atomic E-state index is 0.141. The van der Waals surface area contributed by atoms with Crippen molar-refractivity contribution >= 4 is 11.6 Å². The third kappa shape index (κ3) is 4.74. The van der Waals surface area contributed by atoms with Gasteiger partial charge in [-0.15, -0.1) is 13.2 Å². The van der Waals surface area contributed by atoms with Gasteiger partial charge in [0.15, 0.2) is 0 Å². The van der Waals surface area contributed by atoms with Crippen LogP contribution in [0.4, 0.5) is 18.9 Å². The maximum absolute atomic E-state index is 12.9. The fourth-order valence-electron chi connectivity index (χ4n) is 3.08. The highest BCUT2D eigenvalue weighted by Crippen LogP contribution is 2.25. The summed E-state index contributed by atoms with van der Waals surface area (Å²) in [5, 5.41) is 8.86. The third-order valence-corrected chi connectivity index (χ3v) is 4.41. The predicted octanol–water partition coefficient (Wildman–Crippen LogP) is 3.88. The van der Waals surface area contributed by atoms with Gasteiger partial charge in [-0.2, -0.15) is 5.10 Å². The van der Waals surface area contributed by atoms with E-state index in [-0.39, 0.29) is 22.5 Å². The topological polar surface area (TPSA) is 89.0 Å². The van der Waals surface area contributed by atoms with Crippen LogP contribution >= 0.6 is 0 Å². The molecule has 4 rings (SSSR count). The van der Waals surface area contributed by atoms with E-state index in [2.05, 4.69) is 20.3 Å². The number of amides is 1. The van der Waals surface area contributed by atoms with Crippen LogP contribution in [0.25, 0.3) is 11.3 Å². The molecule has 7 nitrogen and oxygen atoms in total. The van der Waals surface area contributed by atoms with Crippen LogP contribution in [0.1, 0.15) is 15.9 Å². The normalized spacial score (nSPS) is 11.5. The lowest BCUT2D eigenvalue weighted by atomic mass is 10.1. The van der Waals surface area contributed by atoms with Crippen LogP contribution in [0.15, 0.2) is 71.8 Å². The Hall–Kier alpha value is -4.08. The van der Waals surface area contributed by atoms with E-state index in [1.165, 1.54) is 12.1 Å². The molecule has 1 amide bonds. The second kappa shape index (κ2) is 7.98. The first-order chi connectivity index (χ1) is 14.8. The molecule has 2 aromatic carbocycles. The first kappa shape index (κ1) is 20.2. The molecule has 2 N–H and O–H groups in total. The molecule has 2 aromatic rings. The maximum atomic E-state index is 12.9. The molecule has 0 aliphatic carbocycles. The molecule has 0 aromatic heterocycles. The lowest BCUT2D eigenvalue weighted by Gasteiger charge is -2.13. The molecule has 10 heteroatoms. The van der Waals surface area contributed by atoms with Crippen LogP contribution in [-0.4, -0.2) is 27.0 Å². The van der Waals surface area contributed by atoms with Gasteiger partial charge in [0.05, 0.1) is 11.1 Å². The van der Waals surface area contributed by atoms with E-state index in [1.807, 2.05) is 30.3 Å². The SMILES string of the molecule is O=C(Nc1ccc(OC(F)(F)F)cc1)c1cn(Cc2ccccc2)cc2c(=O)[nH]nc1-2. The van der Waals surface area contributed by atoms with Gasteiger partial charge in [0.25, 0.3) is 11.5 Å². The van der Waals surface area contributed by atoms with Crippen molar-refractivity contribution in [3.63, 3.8) is 0 Å². The van der Waals surface area contributed by atoms with E-state index in [9.17, 15) is 22.8 Å². The molecule has 31 heavy (non-hydrogen) atoms. The molecule has 158 valence electrons. The molecule has 0 saturated heterocycles. The number of fused-ring (bicyclic) bond motifs is 1. The highest BCUT2D eigenvalue weighted by atomic mass is 19.4. The standard InChI is InChI=1S/C21H15F3N4O3/c22-21(23,24)31-15-8-6-14(7-9-15)25-19(29)16-11-28(10-13-4-2-1-3-5-13)12-17-18(16)26-27-20(17)30/h1-9,11-12H,10H2,(H,25,29)(H,27,30). The number of aromatic nitrogens is 3. The van der Waals surface area contributed by atoms with E-state index in [4.69, 9.17) is 0 Å². The first-order valence-electron chi connectivity index (χ1n) is 9.08. The van der Waals surface area contributed by atoms with E-state index < -0.39 is 23.6 Å². The highest BCUT2D eigenvalue weighted by Gasteiger charge is 2.31. The zero-order valence-electron chi connectivity index (χ0n) is 15.8. The average molecular weight is 428 g/mol. The van der Waals surface area contributed by atoms with Crippen molar-refractivity contribution in [1.29, 1.82) is 0 Å². The molecule has 2 heterocycles. The van der Waals surface area contributed by atoms with E-state index in [1.54, 1.807) is 17.0 Å². The smallest absolute Gasteiger partial charge is 0.406 e. The molecule has 0 unspecified atom stereocenters. The molecular formula is C21H15F3N4O3. The second-order valence-corrected chi connectivity index (χ2v) is 6.67. The molecule has 0 bridgehead atoms. The van der Waals surface area contributed by atoms with Crippen molar-refractivity contribution in [2.45, 2.75) is 12.9 Å². The molecule has 0 saturated carbocycles. The number of H-pyrrole nitrogens is 1. The van der Waals surface area contributed by atoms with Crippen molar-refractivity contribution in [3.05, 3.63) is 88.5 Å². The number of rotatable bonds is 5. The van der Waals surface area contributed by atoms with E-state index in [0.29, 0.717) is 6.54 Å². The number of alkyl halides is 3. The van der Waals surface area contributed by atoms with Gasteiger partial charge in [-0.3, -0.25) is 9.59 Å². The molecule has 0 atom stereocenters. The van der Waals surface area contributed by atoms with Crippen LogP contribution in [0.2, 0.25) is 0 Å². The monoisotopic (exact) mass is 428 g/mol. The van der Waals surface area contributed by atoms with Gasteiger partial charge < -0.3 is 14.6 Å². The number of hydrogen-bond acceptors (Lipinski definition) is 4. The summed E-state index contributed by atoms with van der Waals surface area (Å²) in [6.45, 7) is 0.422. The Morgan fingerprint density at radius 2 is 1.77 bits per heavy atom. The van der Waals surface area contributed by atoms with E-state index >= 15 is 0 Å². The number of halogens is 3. The van der Waals surface area contributed by atoms with Gasteiger partial charge in [0.1, 0.15) is 11.4 Å². The molecule has 0 spiro atoms. The quantitative estimate of drug-likeness (QED) is 0.505. The Kier molecular flexibility index (Phi) is 5.20. The van der Waals surface area contributed by atoms with Crippen LogP contribution in [0.5, 0.6) is 5.75 Å². The van der Waals surface area contributed by atoms with Gasteiger partial charge in [-0.05, 0) is 29.8 Å². The number of nitrogens with zero attached hydrogens (tertiary/aromatic N) is 2. The Morgan fingerprint density at radius 3 is 2.45 bits per heavy atom. The summed E-state index contributed by atoms with van der Waals surface area (Å²) in [5.41, 5.74) is 1.38. The summed E-state index contributed by atoms with van der Waals surface area (Å²) < 4.78 is 42.4. The van der Waals surface area contributed by atoms with Crippen molar-refractivity contribution in [3.8, 4) is 17.0 Å². The minimum Gasteiger partial charge on any atom is -0.406 e.